The minimum absolute atomic E-state index is 0.0903. The van der Waals surface area contributed by atoms with Gasteiger partial charge in [-0.1, -0.05) is 65.2 Å². The van der Waals surface area contributed by atoms with E-state index in [4.69, 9.17) is 14.2 Å². The normalized spacial score (nSPS) is 33.1. The Bertz CT molecular complexity index is 637. The summed E-state index contributed by atoms with van der Waals surface area (Å²) < 4.78 is 18.0. The highest BCUT2D eigenvalue weighted by Crippen LogP contribution is 2.53. The minimum atomic E-state index is -0.265. The van der Waals surface area contributed by atoms with E-state index in [0.29, 0.717) is 11.5 Å². The molecule has 0 N–H and O–H groups in total. The first-order valence-electron chi connectivity index (χ1n) is 10.8. The summed E-state index contributed by atoms with van der Waals surface area (Å²) in [5.74, 6) is 1.39. The number of epoxide rings is 1. The van der Waals surface area contributed by atoms with E-state index in [1.165, 1.54) is 12.8 Å². The van der Waals surface area contributed by atoms with Crippen LogP contribution in [0.15, 0.2) is 30.3 Å². The van der Waals surface area contributed by atoms with Crippen LogP contribution in [0.3, 0.4) is 0 Å². The van der Waals surface area contributed by atoms with Gasteiger partial charge in [-0.05, 0) is 36.3 Å². The zero-order valence-corrected chi connectivity index (χ0v) is 18.0. The summed E-state index contributed by atoms with van der Waals surface area (Å²) in [5, 5.41) is 0. The van der Waals surface area contributed by atoms with Crippen molar-refractivity contribution < 1.29 is 19.0 Å². The fourth-order valence-electron chi connectivity index (χ4n) is 5.13. The first kappa shape index (κ1) is 21.3. The lowest BCUT2D eigenvalue weighted by Crippen LogP contribution is -2.55. The molecule has 0 bridgehead atoms. The molecule has 1 saturated heterocycles. The molecule has 0 amide bonds. The Kier molecular flexibility index (Phi) is 6.82. The highest BCUT2D eigenvalue weighted by Gasteiger charge is 2.62. The lowest BCUT2D eigenvalue weighted by Gasteiger charge is -2.46. The molecule has 1 unspecified atom stereocenters. The third-order valence-electron chi connectivity index (χ3n) is 6.61. The Morgan fingerprint density at radius 2 is 1.86 bits per heavy atom. The standard InChI is InChI=1S/C24H36O4/c1-16(2)10-9-11-17(3)20-22(26-5)21(18(4)14-24(20)15-27-24)28-23(25)19-12-7-6-8-13-19/h6-8,12-13,16-18,20-22H,9-11,14-15H2,1-5H3/t17?,18-,20+,21-,22+,24+/m1/s1. The van der Waals surface area contributed by atoms with Gasteiger partial charge in [-0.2, -0.15) is 0 Å². The maximum Gasteiger partial charge on any atom is 0.338 e. The van der Waals surface area contributed by atoms with Crippen molar-refractivity contribution in [3.05, 3.63) is 35.9 Å². The number of esters is 1. The molecule has 0 aromatic heterocycles. The summed E-state index contributed by atoms with van der Waals surface area (Å²) in [7, 11) is 1.75. The number of ether oxygens (including phenoxy) is 3. The van der Waals surface area contributed by atoms with E-state index in [1.807, 2.05) is 18.2 Å². The molecule has 1 spiro atoms. The summed E-state index contributed by atoms with van der Waals surface area (Å²) in [6.07, 6.45) is 4.16. The second kappa shape index (κ2) is 8.96. The number of hydrogen-bond donors (Lipinski definition) is 0. The summed E-state index contributed by atoms with van der Waals surface area (Å²) in [4.78, 5) is 12.7. The molecule has 4 heteroatoms. The fraction of sp³-hybridized carbons (Fsp3) is 0.708. The minimum Gasteiger partial charge on any atom is -0.456 e. The summed E-state index contributed by atoms with van der Waals surface area (Å²) in [6.45, 7) is 9.81. The summed E-state index contributed by atoms with van der Waals surface area (Å²) in [5.41, 5.74) is 0.501. The maximum absolute atomic E-state index is 12.7. The van der Waals surface area contributed by atoms with Crippen LogP contribution in [-0.2, 0) is 14.2 Å². The third-order valence-corrected chi connectivity index (χ3v) is 6.61. The van der Waals surface area contributed by atoms with Crippen LogP contribution >= 0.6 is 0 Å². The van der Waals surface area contributed by atoms with E-state index < -0.39 is 0 Å². The SMILES string of the molecule is CO[C@@H]1[C@H](OC(=O)c2ccccc2)[C@H](C)C[C@]2(CO2)[C@H]1C(C)CCCC(C)C. The number of hydrogen-bond acceptors (Lipinski definition) is 4. The molecule has 1 aromatic carbocycles. The van der Waals surface area contributed by atoms with Crippen molar-refractivity contribution in [1.29, 1.82) is 0 Å². The Balaban J connectivity index is 1.74. The zero-order valence-electron chi connectivity index (χ0n) is 18.0. The largest absolute Gasteiger partial charge is 0.456 e. The molecule has 1 heterocycles. The molecule has 1 aliphatic heterocycles. The Labute approximate surface area is 169 Å². The smallest absolute Gasteiger partial charge is 0.338 e. The number of carbonyl (C=O) groups excluding carboxylic acids is 1. The highest BCUT2D eigenvalue weighted by atomic mass is 16.6. The predicted octanol–water partition coefficient (Wildman–Crippen LogP) is 5.11. The molecule has 1 saturated carbocycles. The Hall–Kier alpha value is -1.39. The molecule has 28 heavy (non-hydrogen) atoms. The Morgan fingerprint density at radius 1 is 1.18 bits per heavy atom. The first-order valence-corrected chi connectivity index (χ1v) is 10.8. The summed E-state index contributed by atoms with van der Waals surface area (Å²) >= 11 is 0. The van der Waals surface area contributed by atoms with Crippen LogP contribution in [-0.4, -0.2) is 37.5 Å². The van der Waals surface area contributed by atoms with Gasteiger partial charge in [0.05, 0.1) is 17.8 Å². The van der Waals surface area contributed by atoms with Crippen molar-refractivity contribution in [3.8, 4) is 0 Å². The van der Waals surface area contributed by atoms with E-state index >= 15 is 0 Å². The van der Waals surface area contributed by atoms with Crippen molar-refractivity contribution in [3.63, 3.8) is 0 Å². The number of carbonyl (C=O) groups is 1. The van der Waals surface area contributed by atoms with Crippen molar-refractivity contribution in [2.24, 2.45) is 23.7 Å². The molecule has 2 fully saturated rings. The lowest BCUT2D eigenvalue weighted by atomic mass is 9.65. The van der Waals surface area contributed by atoms with Gasteiger partial charge in [-0.25, -0.2) is 4.79 Å². The fourth-order valence-corrected chi connectivity index (χ4v) is 5.13. The van der Waals surface area contributed by atoms with Crippen LogP contribution in [0.1, 0.15) is 63.7 Å². The number of rotatable bonds is 8. The van der Waals surface area contributed by atoms with Gasteiger partial charge >= 0.3 is 5.97 Å². The second-order valence-corrected chi connectivity index (χ2v) is 9.30. The molecular formula is C24H36O4. The van der Waals surface area contributed by atoms with E-state index in [1.54, 1.807) is 19.2 Å². The molecular weight excluding hydrogens is 352 g/mol. The second-order valence-electron chi connectivity index (χ2n) is 9.30. The molecule has 156 valence electrons. The Morgan fingerprint density at radius 3 is 2.43 bits per heavy atom. The van der Waals surface area contributed by atoms with Crippen LogP contribution in [0.4, 0.5) is 0 Å². The van der Waals surface area contributed by atoms with Crippen LogP contribution < -0.4 is 0 Å². The zero-order chi connectivity index (χ0) is 20.3. The van der Waals surface area contributed by atoms with Gasteiger partial charge in [0.25, 0.3) is 0 Å². The monoisotopic (exact) mass is 388 g/mol. The van der Waals surface area contributed by atoms with Crippen LogP contribution in [0.2, 0.25) is 0 Å². The molecule has 1 aliphatic carbocycles. The van der Waals surface area contributed by atoms with E-state index in [9.17, 15) is 4.79 Å². The first-order chi connectivity index (χ1) is 13.4. The van der Waals surface area contributed by atoms with Gasteiger partial charge in [-0.15, -0.1) is 0 Å². The molecule has 3 rings (SSSR count). The maximum atomic E-state index is 12.7. The topological polar surface area (TPSA) is 48.1 Å². The van der Waals surface area contributed by atoms with E-state index in [2.05, 4.69) is 27.7 Å². The van der Waals surface area contributed by atoms with Crippen molar-refractivity contribution in [2.45, 2.75) is 71.2 Å². The van der Waals surface area contributed by atoms with E-state index in [-0.39, 0.29) is 35.6 Å². The van der Waals surface area contributed by atoms with E-state index in [0.717, 1.165) is 25.4 Å². The molecule has 2 aliphatic rings. The lowest BCUT2D eigenvalue weighted by molar-refractivity contribution is -0.138. The van der Waals surface area contributed by atoms with Crippen LogP contribution in [0, 0.1) is 23.7 Å². The van der Waals surface area contributed by atoms with Gasteiger partial charge in [0.1, 0.15) is 12.2 Å². The van der Waals surface area contributed by atoms with Crippen molar-refractivity contribution in [2.75, 3.05) is 13.7 Å². The van der Waals surface area contributed by atoms with Crippen LogP contribution in [0.5, 0.6) is 0 Å². The van der Waals surface area contributed by atoms with Gasteiger partial charge in [0, 0.05) is 13.0 Å². The molecule has 4 nitrogen and oxygen atoms in total. The van der Waals surface area contributed by atoms with Gasteiger partial charge in [0.2, 0.25) is 0 Å². The number of benzene rings is 1. The average Bonchev–Trinajstić information content (AvgIpc) is 3.43. The quantitative estimate of drug-likeness (QED) is 0.458. The average molecular weight is 389 g/mol. The number of methoxy groups -OCH3 is 1. The predicted molar refractivity (Wildman–Crippen MR) is 110 cm³/mol. The summed E-state index contributed by atoms with van der Waals surface area (Å²) in [6, 6.07) is 9.23. The molecule has 6 atom stereocenters. The molecule has 1 aromatic rings. The molecule has 0 radical (unpaired) electrons. The van der Waals surface area contributed by atoms with Crippen molar-refractivity contribution in [1.82, 2.24) is 0 Å². The third kappa shape index (κ3) is 4.60. The van der Waals surface area contributed by atoms with Gasteiger partial charge in [-0.3, -0.25) is 0 Å². The van der Waals surface area contributed by atoms with Gasteiger partial charge in [0.15, 0.2) is 0 Å². The van der Waals surface area contributed by atoms with Crippen LogP contribution in [0.25, 0.3) is 0 Å². The highest BCUT2D eigenvalue weighted by molar-refractivity contribution is 5.89. The van der Waals surface area contributed by atoms with Crippen molar-refractivity contribution >= 4 is 5.97 Å². The van der Waals surface area contributed by atoms with Gasteiger partial charge < -0.3 is 14.2 Å².